The highest BCUT2D eigenvalue weighted by atomic mass is 15.3. The van der Waals surface area contributed by atoms with Crippen LogP contribution in [0.1, 0.15) is 69.5 Å². The van der Waals surface area contributed by atoms with E-state index in [4.69, 9.17) is 10.8 Å². The molecule has 0 saturated heterocycles. The van der Waals surface area contributed by atoms with Crippen molar-refractivity contribution >= 4 is 0 Å². The zero-order chi connectivity index (χ0) is 13.8. The first-order valence-electron chi connectivity index (χ1n) is 8.61. The molecule has 1 heterocycles. The van der Waals surface area contributed by atoms with Crippen LogP contribution in [0.15, 0.2) is 12.3 Å². The normalized spacial score (nSPS) is 28.6. The highest BCUT2D eigenvalue weighted by Crippen LogP contribution is 2.32. The maximum atomic E-state index is 5.94. The lowest BCUT2D eigenvalue weighted by atomic mass is 9.77. The molecule has 3 heteroatoms. The molecule has 0 aromatic carbocycles. The van der Waals surface area contributed by atoms with Gasteiger partial charge in [-0.15, -0.1) is 0 Å². The van der Waals surface area contributed by atoms with Crippen LogP contribution in [0.25, 0.3) is 0 Å². The Balaban J connectivity index is 1.61. The Bertz CT molecular complexity index is 406. The van der Waals surface area contributed by atoms with Gasteiger partial charge in [0.25, 0.3) is 0 Å². The SMILES string of the molecule is NCC1CCCCC1Cc1ccn(C2CCCCC2)n1. The van der Waals surface area contributed by atoms with Crippen LogP contribution in [0.3, 0.4) is 0 Å². The predicted octanol–water partition coefficient (Wildman–Crippen LogP) is 3.70. The van der Waals surface area contributed by atoms with Gasteiger partial charge in [-0.2, -0.15) is 5.10 Å². The second-order valence-electron chi connectivity index (χ2n) is 6.82. The molecule has 0 amide bonds. The molecule has 2 fully saturated rings. The summed E-state index contributed by atoms with van der Waals surface area (Å²) >= 11 is 0. The molecule has 3 rings (SSSR count). The Labute approximate surface area is 122 Å². The van der Waals surface area contributed by atoms with Crippen molar-refractivity contribution in [3.05, 3.63) is 18.0 Å². The topological polar surface area (TPSA) is 43.8 Å². The molecule has 0 aliphatic heterocycles. The van der Waals surface area contributed by atoms with Gasteiger partial charge in [-0.1, -0.05) is 32.1 Å². The molecule has 1 aromatic heterocycles. The Morgan fingerprint density at radius 1 is 1.00 bits per heavy atom. The van der Waals surface area contributed by atoms with Crippen molar-refractivity contribution in [1.82, 2.24) is 9.78 Å². The molecule has 2 unspecified atom stereocenters. The monoisotopic (exact) mass is 275 g/mol. The molecule has 112 valence electrons. The fraction of sp³-hybridized carbons (Fsp3) is 0.824. The molecule has 0 radical (unpaired) electrons. The lowest BCUT2D eigenvalue weighted by Gasteiger charge is -2.30. The van der Waals surface area contributed by atoms with Crippen LogP contribution in [-0.2, 0) is 6.42 Å². The summed E-state index contributed by atoms with van der Waals surface area (Å²) in [7, 11) is 0. The number of aromatic nitrogens is 2. The van der Waals surface area contributed by atoms with Crippen molar-refractivity contribution in [3.63, 3.8) is 0 Å². The molecule has 0 bridgehead atoms. The highest BCUT2D eigenvalue weighted by Gasteiger charge is 2.25. The highest BCUT2D eigenvalue weighted by molar-refractivity contribution is 5.02. The minimum Gasteiger partial charge on any atom is -0.330 e. The summed E-state index contributed by atoms with van der Waals surface area (Å²) in [4.78, 5) is 0. The predicted molar refractivity (Wildman–Crippen MR) is 82.6 cm³/mol. The average molecular weight is 275 g/mol. The third kappa shape index (κ3) is 3.25. The number of hydrogen-bond donors (Lipinski definition) is 1. The van der Waals surface area contributed by atoms with Crippen LogP contribution in [0, 0.1) is 11.8 Å². The van der Waals surface area contributed by atoms with E-state index in [-0.39, 0.29) is 0 Å². The molecule has 2 atom stereocenters. The quantitative estimate of drug-likeness (QED) is 0.910. The summed E-state index contributed by atoms with van der Waals surface area (Å²) in [6.07, 6.45) is 15.6. The van der Waals surface area contributed by atoms with Crippen LogP contribution in [0.4, 0.5) is 0 Å². The summed E-state index contributed by atoms with van der Waals surface area (Å²) in [5, 5.41) is 4.87. The molecule has 1 aromatic rings. The summed E-state index contributed by atoms with van der Waals surface area (Å²) in [5.41, 5.74) is 7.24. The van der Waals surface area contributed by atoms with Crippen LogP contribution in [0.5, 0.6) is 0 Å². The van der Waals surface area contributed by atoms with Crippen molar-refractivity contribution in [1.29, 1.82) is 0 Å². The van der Waals surface area contributed by atoms with Crippen LogP contribution in [-0.4, -0.2) is 16.3 Å². The van der Waals surface area contributed by atoms with Crippen LogP contribution >= 0.6 is 0 Å². The first-order valence-corrected chi connectivity index (χ1v) is 8.61. The van der Waals surface area contributed by atoms with E-state index in [1.54, 1.807) is 0 Å². The molecular weight excluding hydrogens is 246 g/mol. The van der Waals surface area contributed by atoms with Gasteiger partial charge in [0, 0.05) is 6.20 Å². The third-order valence-corrected chi connectivity index (χ3v) is 5.45. The van der Waals surface area contributed by atoms with E-state index in [1.165, 1.54) is 63.5 Å². The molecule has 2 aliphatic carbocycles. The van der Waals surface area contributed by atoms with E-state index in [9.17, 15) is 0 Å². The minimum atomic E-state index is 0.661. The summed E-state index contributed by atoms with van der Waals surface area (Å²) in [5.74, 6) is 1.49. The Kier molecular flexibility index (Phi) is 4.77. The number of hydrogen-bond acceptors (Lipinski definition) is 2. The first-order chi connectivity index (χ1) is 9.86. The third-order valence-electron chi connectivity index (χ3n) is 5.45. The van der Waals surface area contributed by atoms with E-state index >= 15 is 0 Å². The zero-order valence-corrected chi connectivity index (χ0v) is 12.6. The van der Waals surface area contributed by atoms with E-state index < -0.39 is 0 Å². The van der Waals surface area contributed by atoms with E-state index in [0.717, 1.165) is 24.8 Å². The number of rotatable bonds is 4. The van der Waals surface area contributed by atoms with Crippen LogP contribution < -0.4 is 5.73 Å². The fourth-order valence-electron chi connectivity index (χ4n) is 4.17. The van der Waals surface area contributed by atoms with Gasteiger partial charge in [0.15, 0.2) is 0 Å². The summed E-state index contributed by atoms with van der Waals surface area (Å²) in [6, 6.07) is 2.91. The lowest BCUT2D eigenvalue weighted by molar-refractivity contribution is 0.239. The van der Waals surface area contributed by atoms with Gasteiger partial charge in [-0.25, -0.2) is 0 Å². The van der Waals surface area contributed by atoms with E-state index in [1.807, 2.05) is 0 Å². The Hall–Kier alpha value is -0.830. The fourth-order valence-corrected chi connectivity index (χ4v) is 4.17. The van der Waals surface area contributed by atoms with Gasteiger partial charge in [0.2, 0.25) is 0 Å². The Morgan fingerprint density at radius 2 is 1.70 bits per heavy atom. The largest absolute Gasteiger partial charge is 0.330 e. The second-order valence-corrected chi connectivity index (χ2v) is 6.82. The molecule has 2 N–H and O–H groups in total. The maximum Gasteiger partial charge on any atom is 0.0627 e. The second kappa shape index (κ2) is 6.75. The van der Waals surface area contributed by atoms with Gasteiger partial charge in [0.1, 0.15) is 0 Å². The standard InChI is InChI=1S/C17H29N3/c18-13-15-7-5-4-6-14(15)12-16-10-11-20(19-16)17-8-2-1-3-9-17/h10-11,14-15,17H,1-9,12-13,18H2. The maximum absolute atomic E-state index is 5.94. The van der Waals surface area contributed by atoms with Crippen molar-refractivity contribution in [3.8, 4) is 0 Å². The average Bonchev–Trinajstić information content (AvgIpc) is 2.97. The zero-order valence-electron chi connectivity index (χ0n) is 12.6. The van der Waals surface area contributed by atoms with E-state index in [0.29, 0.717) is 6.04 Å². The summed E-state index contributed by atoms with van der Waals surface area (Å²) in [6.45, 7) is 0.855. The molecule has 3 nitrogen and oxygen atoms in total. The van der Waals surface area contributed by atoms with Gasteiger partial charge < -0.3 is 5.73 Å². The van der Waals surface area contributed by atoms with E-state index in [2.05, 4.69) is 16.9 Å². The van der Waals surface area contributed by atoms with Gasteiger partial charge in [-0.05, 0) is 56.6 Å². The molecule has 2 aliphatic rings. The smallest absolute Gasteiger partial charge is 0.0627 e. The lowest BCUT2D eigenvalue weighted by Crippen LogP contribution is -2.28. The summed E-state index contributed by atoms with van der Waals surface area (Å²) < 4.78 is 2.24. The van der Waals surface area contributed by atoms with Crippen molar-refractivity contribution in [2.45, 2.75) is 70.3 Å². The molecular formula is C17H29N3. The van der Waals surface area contributed by atoms with Crippen molar-refractivity contribution in [2.24, 2.45) is 17.6 Å². The van der Waals surface area contributed by atoms with Gasteiger partial charge in [0.05, 0.1) is 11.7 Å². The first kappa shape index (κ1) is 14.1. The Morgan fingerprint density at radius 3 is 2.45 bits per heavy atom. The van der Waals surface area contributed by atoms with Gasteiger partial charge in [-0.3, -0.25) is 4.68 Å². The van der Waals surface area contributed by atoms with Crippen molar-refractivity contribution < 1.29 is 0 Å². The molecule has 20 heavy (non-hydrogen) atoms. The minimum absolute atomic E-state index is 0.661. The molecule has 2 saturated carbocycles. The van der Waals surface area contributed by atoms with Gasteiger partial charge >= 0.3 is 0 Å². The number of nitrogens with zero attached hydrogens (tertiary/aromatic N) is 2. The molecule has 0 spiro atoms. The number of nitrogens with two attached hydrogens (primary N) is 1. The van der Waals surface area contributed by atoms with Crippen LogP contribution in [0.2, 0.25) is 0 Å². The van der Waals surface area contributed by atoms with Crippen molar-refractivity contribution in [2.75, 3.05) is 6.54 Å².